The quantitative estimate of drug-likeness (QED) is 0.674. The van der Waals surface area contributed by atoms with Crippen LogP contribution in [0.2, 0.25) is 0 Å². The lowest BCUT2D eigenvalue weighted by atomic mass is 9.80. The molecule has 1 atom stereocenters. The van der Waals surface area contributed by atoms with Crippen molar-refractivity contribution in [3.63, 3.8) is 0 Å². The van der Waals surface area contributed by atoms with Gasteiger partial charge in [-0.2, -0.15) is 4.91 Å². The van der Waals surface area contributed by atoms with Gasteiger partial charge in [-0.1, -0.05) is 35.5 Å². The molecule has 0 aliphatic rings. The van der Waals surface area contributed by atoms with Gasteiger partial charge in [0.05, 0.1) is 6.61 Å². The zero-order valence-electron chi connectivity index (χ0n) is 15.2. The zero-order valence-corrected chi connectivity index (χ0v) is 15.2. The van der Waals surface area contributed by atoms with Crippen LogP contribution in [0.1, 0.15) is 35.1 Å². The Labute approximate surface area is 153 Å². The normalized spacial score (nSPS) is 13.6. The molecular formula is C20H25FN2O3. The maximum atomic E-state index is 13.3. The summed E-state index contributed by atoms with van der Waals surface area (Å²) in [5.41, 5.74) is 0.952. The van der Waals surface area contributed by atoms with E-state index < -0.39 is 5.60 Å². The smallest absolute Gasteiger partial charge is 0.123 e. The lowest BCUT2D eigenvalue weighted by Gasteiger charge is -2.32. The SMILES string of the molecule is CN(C)CCCC(O)(c1ccc(F)cc1)c1ccc(CN=O)cc1CO. The molecular weight excluding hydrogens is 335 g/mol. The highest BCUT2D eigenvalue weighted by Crippen LogP contribution is 2.37. The average Bonchev–Trinajstić information content (AvgIpc) is 2.62. The van der Waals surface area contributed by atoms with E-state index in [1.165, 1.54) is 12.1 Å². The number of halogens is 1. The molecule has 2 N–H and O–H groups in total. The van der Waals surface area contributed by atoms with Crippen LogP contribution in [0.3, 0.4) is 0 Å². The van der Waals surface area contributed by atoms with Crippen LogP contribution in [0.5, 0.6) is 0 Å². The van der Waals surface area contributed by atoms with Gasteiger partial charge < -0.3 is 15.1 Å². The first-order chi connectivity index (χ1) is 12.4. The molecule has 26 heavy (non-hydrogen) atoms. The summed E-state index contributed by atoms with van der Waals surface area (Å²) in [5.74, 6) is -0.376. The van der Waals surface area contributed by atoms with Crippen molar-refractivity contribution in [2.24, 2.45) is 5.18 Å². The minimum absolute atomic E-state index is 0.00286. The van der Waals surface area contributed by atoms with Gasteiger partial charge in [-0.25, -0.2) is 4.39 Å². The second kappa shape index (κ2) is 8.98. The van der Waals surface area contributed by atoms with E-state index in [0.717, 1.165) is 6.54 Å². The van der Waals surface area contributed by atoms with E-state index in [1.807, 2.05) is 19.0 Å². The molecule has 0 amide bonds. The van der Waals surface area contributed by atoms with Gasteiger partial charge in [-0.3, -0.25) is 0 Å². The minimum atomic E-state index is -1.37. The fraction of sp³-hybridized carbons (Fsp3) is 0.400. The van der Waals surface area contributed by atoms with Gasteiger partial charge in [0, 0.05) is 0 Å². The number of nitroso groups, excluding NO2 is 1. The summed E-state index contributed by atoms with van der Waals surface area (Å²) in [6.45, 7) is 0.507. The maximum Gasteiger partial charge on any atom is 0.123 e. The van der Waals surface area contributed by atoms with Gasteiger partial charge in [-0.15, -0.1) is 0 Å². The average molecular weight is 360 g/mol. The molecule has 5 nitrogen and oxygen atoms in total. The molecule has 140 valence electrons. The third-order valence-corrected chi connectivity index (χ3v) is 4.50. The molecule has 2 aromatic carbocycles. The lowest BCUT2D eigenvalue weighted by Crippen LogP contribution is -2.30. The van der Waals surface area contributed by atoms with E-state index >= 15 is 0 Å². The second-order valence-corrected chi connectivity index (χ2v) is 6.71. The molecule has 0 fully saturated rings. The van der Waals surface area contributed by atoms with Crippen LogP contribution in [-0.4, -0.2) is 35.8 Å². The van der Waals surface area contributed by atoms with Crippen molar-refractivity contribution in [2.45, 2.75) is 31.6 Å². The van der Waals surface area contributed by atoms with Crippen LogP contribution in [0.4, 0.5) is 4.39 Å². The number of hydrogen-bond donors (Lipinski definition) is 2. The Bertz CT molecular complexity index is 734. The fourth-order valence-corrected chi connectivity index (χ4v) is 3.17. The van der Waals surface area contributed by atoms with E-state index in [4.69, 9.17) is 0 Å². The molecule has 6 heteroatoms. The topological polar surface area (TPSA) is 73.1 Å². The van der Waals surface area contributed by atoms with E-state index in [1.54, 1.807) is 30.3 Å². The van der Waals surface area contributed by atoms with Gasteiger partial charge >= 0.3 is 0 Å². The highest BCUT2D eigenvalue weighted by molar-refractivity contribution is 5.43. The Kier molecular flexibility index (Phi) is 6.97. The number of rotatable bonds is 9. The van der Waals surface area contributed by atoms with Crippen molar-refractivity contribution < 1.29 is 14.6 Å². The van der Waals surface area contributed by atoms with Crippen LogP contribution in [0.25, 0.3) is 0 Å². The Balaban J connectivity index is 2.48. The maximum absolute atomic E-state index is 13.3. The van der Waals surface area contributed by atoms with Crippen LogP contribution < -0.4 is 0 Å². The van der Waals surface area contributed by atoms with Gasteiger partial charge in [0.1, 0.15) is 18.0 Å². The Morgan fingerprint density at radius 3 is 2.42 bits per heavy atom. The molecule has 0 radical (unpaired) electrons. The third kappa shape index (κ3) is 4.72. The summed E-state index contributed by atoms with van der Waals surface area (Å²) in [5, 5.41) is 24.2. The van der Waals surface area contributed by atoms with Crippen molar-refractivity contribution in [3.05, 3.63) is 75.4 Å². The molecule has 2 aromatic rings. The Morgan fingerprint density at radius 1 is 1.15 bits per heavy atom. The van der Waals surface area contributed by atoms with E-state index in [-0.39, 0.29) is 19.0 Å². The number of nitrogens with zero attached hydrogens (tertiary/aromatic N) is 2. The summed E-state index contributed by atoms with van der Waals surface area (Å²) in [6.07, 6.45) is 1.12. The fourth-order valence-electron chi connectivity index (χ4n) is 3.17. The summed E-state index contributed by atoms with van der Waals surface area (Å²) in [7, 11) is 3.91. The largest absolute Gasteiger partial charge is 0.392 e. The number of aliphatic hydroxyl groups excluding tert-OH is 1. The summed E-state index contributed by atoms with van der Waals surface area (Å²) in [4.78, 5) is 12.5. The predicted molar refractivity (Wildman–Crippen MR) is 99.1 cm³/mol. The lowest BCUT2D eigenvalue weighted by molar-refractivity contribution is 0.0640. The molecule has 0 saturated heterocycles. The molecule has 0 heterocycles. The highest BCUT2D eigenvalue weighted by atomic mass is 19.1. The number of aliphatic hydroxyl groups is 2. The highest BCUT2D eigenvalue weighted by Gasteiger charge is 2.33. The second-order valence-electron chi connectivity index (χ2n) is 6.71. The first-order valence-electron chi connectivity index (χ1n) is 8.56. The Hall–Kier alpha value is -2.15. The summed E-state index contributed by atoms with van der Waals surface area (Å²) in [6, 6.07) is 10.9. The van der Waals surface area contributed by atoms with E-state index in [9.17, 15) is 19.5 Å². The third-order valence-electron chi connectivity index (χ3n) is 4.50. The molecule has 0 bridgehead atoms. The molecule has 2 rings (SSSR count). The summed E-state index contributed by atoms with van der Waals surface area (Å²) < 4.78 is 13.3. The van der Waals surface area contributed by atoms with Gasteiger partial charge in [0.15, 0.2) is 0 Å². The predicted octanol–water partition coefficient (Wildman–Crippen LogP) is 3.16. The molecule has 0 aliphatic carbocycles. The van der Waals surface area contributed by atoms with Crippen LogP contribution in [0.15, 0.2) is 47.6 Å². The monoisotopic (exact) mass is 360 g/mol. The van der Waals surface area contributed by atoms with E-state index in [0.29, 0.717) is 35.1 Å². The van der Waals surface area contributed by atoms with Crippen molar-refractivity contribution in [2.75, 3.05) is 20.6 Å². The van der Waals surface area contributed by atoms with Crippen molar-refractivity contribution in [1.82, 2.24) is 4.90 Å². The van der Waals surface area contributed by atoms with Crippen LogP contribution in [0, 0.1) is 10.7 Å². The number of benzene rings is 2. The molecule has 0 spiro atoms. The molecule has 1 unspecified atom stereocenters. The summed E-state index contributed by atoms with van der Waals surface area (Å²) >= 11 is 0. The van der Waals surface area contributed by atoms with Crippen molar-refractivity contribution in [1.29, 1.82) is 0 Å². The van der Waals surface area contributed by atoms with Crippen LogP contribution >= 0.6 is 0 Å². The zero-order chi connectivity index (χ0) is 19.2. The molecule has 0 saturated carbocycles. The standard InChI is InChI=1S/C20H25FN2O3/c1-23(2)11-3-10-20(25,17-5-7-18(21)8-6-17)19-9-4-15(13-22-26)12-16(19)14-24/h4-9,12,24-25H,3,10-11,13-14H2,1-2H3. The van der Waals surface area contributed by atoms with Gasteiger partial charge in [0.2, 0.25) is 0 Å². The number of hydrogen-bond acceptors (Lipinski definition) is 5. The molecule has 0 aliphatic heterocycles. The van der Waals surface area contributed by atoms with Crippen LogP contribution in [-0.2, 0) is 18.8 Å². The van der Waals surface area contributed by atoms with Crippen molar-refractivity contribution in [3.8, 4) is 0 Å². The first-order valence-corrected chi connectivity index (χ1v) is 8.56. The Morgan fingerprint density at radius 2 is 1.85 bits per heavy atom. The van der Waals surface area contributed by atoms with Gasteiger partial charge in [-0.05, 0) is 67.9 Å². The first kappa shape index (κ1) is 20.2. The van der Waals surface area contributed by atoms with E-state index in [2.05, 4.69) is 5.18 Å². The van der Waals surface area contributed by atoms with Crippen molar-refractivity contribution >= 4 is 0 Å². The molecule has 0 aromatic heterocycles. The van der Waals surface area contributed by atoms with Gasteiger partial charge in [0.25, 0.3) is 0 Å². The minimum Gasteiger partial charge on any atom is -0.392 e.